The van der Waals surface area contributed by atoms with E-state index in [0.29, 0.717) is 6.42 Å². The number of fused-ring (bicyclic) bond motifs is 1. The van der Waals surface area contributed by atoms with Crippen molar-refractivity contribution in [3.63, 3.8) is 0 Å². The summed E-state index contributed by atoms with van der Waals surface area (Å²) in [5.74, 6) is 0.0626. The zero-order chi connectivity index (χ0) is 19.1. The second kappa shape index (κ2) is 6.66. The normalized spacial score (nSPS) is 22.4. The lowest BCUT2D eigenvalue weighted by Gasteiger charge is -2.62. The van der Waals surface area contributed by atoms with Crippen molar-refractivity contribution >= 4 is 23.3 Å². The molecule has 2 aromatic carbocycles. The summed E-state index contributed by atoms with van der Waals surface area (Å²) in [4.78, 5) is 26.7. The highest BCUT2D eigenvalue weighted by Crippen LogP contribution is 2.60. The fourth-order valence-electron chi connectivity index (χ4n) is 5.00. The number of likely N-dealkylation sites (tertiary alicyclic amines) is 1. The van der Waals surface area contributed by atoms with Gasteiger partial charge in [0.1, 0.15) is 0 Å². The van der Waals surface area contributed by atoms with E-state index in [0.717, 1.165) is 36.3 Å². The van der Waals surface area contributed by atoms with E-state index in [1.54, 1.807) is 0 Å². The van der Waals surface area contributed by atoms with Gasteiger partial charge >= 0.3 is 6.03 Å². The molecule has 144 valence electrons. The van der Waals surface area contributed by atoms with Crippen LogP contribution in [-0.4, -0.2) is 23.4 Å². The number of hydrogen-bond donors (Lipinski definition) is 2. The second-order valence-corrected chi connectivity index (χ2v) is 8.36. The van der Waals surface area contributed by atoms with Crippen molar-refractivity contribution < 1.29 is 9.59 Å². The standard InChI is InChI=1S/C23H25N3O2/c27-20-9-4-8-17-14-18(10-11-19(17)25-20)24-22(28)26-15-23(12-5-13-23)21(26)16-6-2-1-3-7-16/h1-3,6-7,10-11,14,21H,4-5,8-9,12-13,15H2,(H,24,28)(H,25,27). The van der Waals surface area contributed by atoms with Crippen LogP contribution in [0.5, 0.6) is 0 Å². The maximum absolute atomic E-state index is 13.0. The summed E-state index contributed by atoms with van der Waals surface area (Å²) in [6.07, 6.45) is 5.89. The first-order valence-corrected chi connectivity index (χ1v) is 10.2. The summed E-state index contributed by atoms with van der Waals surface area (Å²) in [6.45, 7) is 0.833. The van der Waals surface area contributed by atoms with Gasteiger partial charge in [0.2, 0.25) is 5.91 Å². The van der Waals surface area contributed by atoms with Gasteiger partial charge in [0, 0.05) is 29.8 Å². The SMILES string of the molecule is O=C1CCCc2cc(NC(=O)N3CC4(CCC4)C3c3ccccc3)ccc2N1. The van der Waals surface area contributed by atoms with Gasteiger partial charge < -0.3 is 15.5 Å². The average Bonchev–Trinajstić information content (AvgIpc) is 2.81. The minimum atomic E-state index is -0.0380. The van der Waals surface area contributed by atoms with Crippen molar-refractivity contribution in [1.29, 1.82) is 0 Å². The number of hydrogen-bond acceptors (Lipinski definition) is 2. The van der Waals surface area contributed by atoms with E-state index >= 15 is 0 Å². The van der Waals surface area contributed by atoms with Crippen LogP contribution in [0.2, 0.25) is 0 Å². The minimum Gasteiger partial charge on any atom is -0.326 e. The maximum atomic E-state index is 13.0. The number of nitrogens with zero attached hydrogens (tertiary/aromatic N) is 1. The molecular weight excluding hydrogens is 350 g/mol. The molecule has 2 N–H and O–H groups in total. The van der Waals surface area contributed by atoms with Crippen LogP contribution in [0.3, 0.4) is 0 Å². The van der Waals surface area contributed by atoms with Gasteiger partial charge in [0.15, 0.2) is 0 Å². The Labute approximate surface area is 165 Å². The summed E-state index contributed by atoms with van der Waals surface area (Å²) >= 11 is 0. The predicted octanol–water partition coefficient (Wildman–Crippen LogP) is 4.72. The molecule has 2 heterocycles. The van der Waals surface area contributed by atoms with Crippen LogP contribution in [0, 0.1) is 5.41 Å². The Balaban J connectivity index is 1.34. The molecule has 1 aliphatic carbocycles. The van der Waals surface area contributed by atoms with Crippen LogP contribution in [0.4, 0.5) is 16.2 Å². The lowest BCUT2D eigenvalue weighted by atomic mass is 9.56. The van der Waals surface area contributed by atoms with Crippen molar-refractivity contribution in [2.75, 3.05) is 17.2 Å². The topological polar surface area (TPSA) is 61.4 Å². The van der Waals surface area contributed by atoms with E-state index in [2.05, 4.69) is 34.9 Å². The van der Waals surface area contributed by atoms with Gasteiger partial charge in [-0.2, -0.15) is 0 Å². The summed E-state index contributed by atoms with van der Waals surface area (Å²) in [7, 11) is 0. The molecule has 5 nitrogen and oxygen atoms in total. The lowest BCUT2D eigenvalue weighted by molar-refractivity contribution is -0.116. The van der Waals surface area contributed by atoms with E-state index in [4.69, 9.17) is 0 Å². The number of carbonyl (C=O) groups is 2. The van der Waals surface area contributed by atoms with Crippen LogP contribution in [0.1, 0.15) is 49.3 Å². The average molecular weight is 375 g/mol. The Morgan fingerprint density at radius 1 is 1.07 bits per heavy atom. The lowest BCUT2D eigenvalue weighted by Crippen LogP contribution is -2.64. The van der Waals surface area contributed by atoms with Gasteiger partial charge in [0.05, 0.1) is 6.04 Å². The molecule has 5 heteroatoms. The summed E-state index contributed by atoms with van der Waals surface area (Å²) < 4.78 is 0. The minimum absolute atomic E-state index is 0.0380. The third-order valence-electron chi connectivity index (χ3n) is 6.58. The molecule has 1 saturated heterocycles. The van der Waals surface area contributed by atoms with Gasteiger partial charge in [-0.25, -0.2) is 4.79 Å². The number of rotatable bonds is 2. The largest absolute Gasteiger partial charge is 0.326 e. The predicted molar refractivity (Wildman–Crippen MR) is 109 cm³/mol. The fourth-order valence-corrected chi connectivity index (χ4v) is 5.00. The monoisotopic (exact) mass is 375 g/mol. The number of carbonyl (C=O) groups excluding carboxylic acids is 2. The van der Waals surface area contributed by atoms with Crippen molar-refractivity contribution in [3.05, 3.63) is 59.7 Å². The van der Waals surface area contributed by atoms with Crippen LogP contribution in [0.15, 0.2) is 48.5 Å². The molecule has 1 saturated carbocycles. The van der Waals surface area contributed by atoms with Gasteiger partial charge in [-0.3, -0.25) is 4.79 Å². The van der Waals surface area contributed by atoms with Crippen LogP contribution >= 0.6 is 0 Å². The first-order chi connectivity index (χ1) is 13.6. The second-order valence-electron chi connectivity index (χ2n) is 8.36. The Hall–Kier alpha value is -2.82. The number of nitrogens with one attached hydrogen (secondary N) is 2. The van der Waals surface area contributed by atoms with E-state index in [1.807, 2.05) is 29.2 Å². The van der Waals surface area contributed by atoms with Gasteiger partial charge in [0.25, 0.3) is 0 Å². The quantitative estimate of drug-likeness (QED) is 0.798. The van der Waals surface area contributed by atoms with Gasteiger partial charge in [-0.05, 0) is 55.0 Å². The Kier molecular flexibility index (Phi) is 4.11. The Morgan fingerprint density at radius 3 is 2.64 bits per heavy atom. The summed E-state index contributed by atoms with van der Waals surface area (Å²) in [6, 6.07) is 16.3. The van der Waals surface area contributed by atoms with Crippen LogP contribution < -0.4 is 10.6 Å². The highest BCUT2D eigenvalue weighted by atomic mass is 16.2. The highest BCUT2D eigenvalue weighted by Gasteiger charge is 2.57. The zero-order valence-electron chi connectivity index (χ0n) is 15.9. The van der Waals surface area contributed by atoms with Crippen molar-refractivity contribution in [1.82, 2.24) is 4.90 Å². The first-order valence-electron chi connectivity index (χ1n) is 10.2. The molecule has 3 amide bonds. The molecule has 2 aliphatic heterocycles. The molecule has 2 aromatic rings. The van der Waals surface area contributed by atoms with Crippen LogP contribution in [0.25, 0.3) is 0 Å². The fraction of sp³-hybridized carbons (Fsp3) is 0.391. The van der Waals surface area contributed by atoms with Gasteiger partial charge in [-0.15, -0.1) is 0 Å². The van der Waals surface area contributed by atoms with Crippen molar-refractivity contribution in [2.24, 2.45) is 5.41 Å². The van der Waals surface area contributed by atoms with E-state index in [1.165, 1.54) is 24.8 Å². The first kappa shape index (κ1) is 17.3. The molecule has 1 atom stereocenters. The highest BCUT2D eigenvalue weighted by molar-refractivity contribution is 5.94. The Bertz CT molecular complexity index is 921. The molecule has 1 spiro atoms. The van der Waals surface area contributed by atoms with E-state index in [9.17, 15) is 9.59 Å². The molecule has 28 heavy (non-hydrogen) atoms. The molecule has 0 bridgehead atoms. The molecule has 5 rings (SSSR count). The number of amides is 3. The molecule has 1 unspecified atom stereocenters. The zero-order valence-corrected chi connectivity index (χ0v) is 15.9. The third kappa shape index (κ3) is 2.86. The smallest absolute Gasteiger partial charge is 0.322 e. The molecule has 0 radical (unpaired) electrons. The maximum Gasteiger partial charge on any atom is 0.322 e. The van der Waals surface area contributed by atoms with Crippen molar-refractivity contribution in [2.45, 2.75) is 44.6 Å². The van der Waals surface area contributed by atoms with Gasteiger partial charge in [-0.1, -0.05) is 36.8 Å². The van der Waals surface area contributed by atoms with E-state index < -0.39 is 0 Å². The molecule has 3 aliphatic rings. The summed E-state index contributed by atoms with van der Waals surface area (Å²) in [5, 5.41) is 6.03. The number of urea groups is 1. The third-order valence-corrected chi connectivity index (χ3v) is 6.58. The molecule has 2 fully saturated rings. The summed E-state index contributed by atoms with van der Waals surface area (Å²) in [5.41, 5.74) is 4.24. The number of benzene rings is 2. The Morgan fingerprint density at radius 2 is 1.89 bits per heavy atom. The molecular formula is C23H25N3O2. The number of anilines is 2. The molecule has 0 aromatic heterocycles. The number of aryl methyl sites for hydroxylation is 1. The van der Waals surface area contributed by atoms with Crippen LogP contribution in [-0.2, 0) is 11.2 Å². The van der Waals surface area contributed by atoms with E-state index in [-0.39, 0.29) is 23.4 Å². The van der Waals surface area contributed by atoms with Crippen molar-refractivity contribution in [3.8, 4) is 0 Å².